The van der Waals surface area contributed by atoms with Crippen molar-refractivity contribution in [1.29, 1.82) is 0 Å². The summed E-state index contributed by atoms with van der Waals surface area (Å²) in [5, 5.41) is 4.97. The van der Waals surface area contributed by atoms with E-state index in [2.05, 4.69) is 5.10 Å². The molecule has 0 atom stereocenters. The second-order valence-corrected chi connectivity index (χ2v) is 5.14. The smallest absolute Gasteiger partial charge is 0.330 e. The fourth-order valence-corrected chi connectivity index (χ4v) is 2.05. The van der Waals surface area contributed by atoms with Crippen LogP contribution in [0.25, 0.3) is 6.08 Å². The first-order valence-corrected chi connectivity index (χ1v) is 7.04. The largest absolute Gasteiger partial charge is 0.461 e. The SMILES string of the molecule is Cc1cc(C)n(CCOC(=O)C=Cc2ccc(Cl)cc2)n1. The number of carbonyl (C=O) groups is 1. The molecule has 2 aromatic rings. The number of carbonyl (C=O) groups excluding carboxylic acids is 1. The molecule has 0 saturated heterocycles. The molecule has 1 aromatic carbocycles. The number of hydrogen-bond acceptors (Lipinski definition) is 3. The molecule has 0 saturated carbocycles. The van der Waals surface area contributed by atoms with Gasteiger partial charge in [0.2, 0.25) is 0 Å². The van der Waals surface area contributed by atoms with E-state index in [1.807, 2.05) is 36.7 Å². The molecule has 1 aromatic heterocycles. The summed E-state index contributed by atoms with van der Waals surface area (Å²) in [4.78, 5) is 11.6. The number of hydrogen-bond donors (Lipinski definition) is 0. The highest BCUT2D eigenvalue weighted by Gasteiger charge is 2.02. The summed E-state index contributed by atoms with van der Waals surface area (Å²) in [7, 11) is 0. The molecule has 5 heteroatoms. The fraction of sp³-hybridized carbons (Fsp3) is 0.250. The molecule has 0 N–H and O–H groups in total. The first-order chi connectivity index (χ1) is 10.0. The molecule has 2 rings (SSSR count). The van der Waals surface area contributed by atoms with Gasteiger partial charge in [-0.2, -0.15) is 5.10 Å². The molecule has 0 bridgehead atoms. The third kappa shape index (κ3) is 4.76. The number of ether oxygens (including phenoxy) is 1. The van der Waals surface area contributed by atoms with Crippen LogP contribution < -0.4 is 0 Å². The minimum atomic E-state index is -0.369. The van der Waals surface area contributed by atoms with Crippen molar-refractivity contribution in [3.05, 3.63) is 58.4 Å². The van der Waals surface area contributed by atoms with E-state index in [0.29, 0.717) is 18.2 Å². The highest BCUT2D eigenvalue weighted by molar-refractivity contribution is 6.30. The van der Waals surface area contributed by atoms with Gasteiger partial charge in [0.15, 0.2) is 0 Å². The zero-order valence-corrected chi connectivity index (χ0v) is 12.8. The first kappa shape index (κ1) is 15.3. The highest BCUT2D eigenvalue weighted by atomic mass is 35.5. The molecule has 0 amide bonds. The van der Waals surface area contributed by atoms with E-state index in [1.54, 1.807) is 18.2 Å². The van der Waals surface area contributed by atoms with Gasteiger partial charge in [0.1, 0.15) is 6.61 Å². The lowest BCUT2D eigenvalue weighted by atomic mass is 10.2. The van der Waals surface area contributed by atoms with Crippen molar-refractivity contribution >= 4 is 23.6 Å². The third-order valence-electron chi connectivity index (χ3n) is 2.93. The maximum atomic E-state index is 11.6. The number of benzene rings is 1. The molecule has 0 aliphatic carbocycles. The normalized spacial score (nSPS) is 11.0. The predicted molar refractivity (Wildman–Crippen MR) is 83.1 cm³/mol. The lowest BCUT2D eigenvalue weighted by Crippen LogP contribution is -2.11. The second-order valence-electron chi connectivity index (χ2n) is 4.70. The summed E-state index contributed by atoms with van der Waals surface area (Å²) in [5.74, 6) is -0.369. The Morgan fingerprint density at radius 1 is 1.33 bits per heavy atom. The summed E-state index contributed by atoms with van der Waals surface area (Å²) in [6.45, 7) is 4.76. The van der Waals surface area contributed by atoms with Gasteiger partial charge >= 0.3 is 5.97 Å². The lowest BCUT2D eigenvalue weighted by molar-refractivity contribution is -0.138. The van der Waals surface area contributed by atoms with Crippen molar-refractivity contribution in [3.8, 4) is 0 Å². The zero-order valence-electron chi connectivity index (χ0n) is 12.0. The van der Waals surface area contributed by atoms with E-state index in [1.165, 1.54) is 6.08 Å². The average molecular weight is 305 g/mol. The molecule has 0 radical (unpaired) electrons. The van der Waals surface area contributed by atoms with Gasteiger partial charge in [-0.15, -0.1) is 0 Å². The van der Waals surface area contributed by atoms with E-state index < -0.39 is 0 Å². The summed E-state index contributed by atoms with van der Waals surface area (Å²) in [6, 6.07) is 9.21. The average Bonchev–Trinajstić information content (AvgIpc) is 2.76. The minimum absolute atomic E-state index is 0.297. The van der Waals surface area contributed by atoms with E-state index in [9.17, 15) is 4.79 Å². The minimum Gasteiger partial charge on any atom is -0.461 e. The molecular formula is C16H17ClN2O2. The molecule has 0 fully saturated rings. The van der Waals surface area contributed by atoms with Crippen LogP contribution >= 0.6 is 11.6 Å². The van der Waals surface area contributed by atoms with Crippen LogP contribution in [-0.2, 0) is 16.1 Å². The fourth-order valence-electron chi connectivity index (χ4n) is 1.92. The number of rotatable bonds is 5. The van der Waals surface area contributed by atoms with Crippen LogP contribution in [0, 0.1) is 13.8 Å². The van der Waals surface area contributed by atoms with Crippen LogP contribution in [0.3, 0.4) is 0 Å². The highest BCUT2D eigenvalue weighted by Crippen LogP contribution is 2.10. The van der Waals surface area contributed by atoms with Gasteiger partial charge in [-0.05, 0) is 43.7 Å². The Morgan fingerprint density at radius 2 is 2.05 bits per heavy atom. The molecule has 0 spiro atoms. The first-order valence-electron chi connectivity index (χ1n) is 6.66. The second kappa shape index (κ2) is 7.09. The van der Waals surface area contributed by atoms with Crippen molar-refractivity contribution in [3.63, 3.8) is 0 Å². The maximum absolute atomic E-state index is 11.6. The van der Waals surface area contributed by atoms with Crippen molar-refractivity contribution < 1.29 is 9.53 Å². The van der Waals surface area contributed by atoms with Gasteiger partial charge in [0.05, 0.1) is 12.2 Å². The Balaban J connectivity index is 1.79. The van der Waals surface area contributed by atoms with Crippen molar-refractivity contribution in [2.75, 3.05) is 6.61 Å². The topological polar surface area (TPSA) is 44.1 Å². The van der Waals surface area contributed by atoms with Crippen LogP contribution in [-0.4, -0.2) is 22.4 Å². The number of aromatic nitrogens is 2. The Kier molecular flexibility index (Phi) is 5.17. The number of esters is 1. The summed E-state index contributed by atoms with van der Waals surface area (Å²) in [6.07, 6.45) is 3.10. The Hall–Kier alpha value is -2.07. The third-order valence-corrected chi connectivity index (χ3v) is 3.18. The van der Waals surface area contributed by atoms with Crippen LogP contribution in [0.5, 0.6) is 0 Å². The van der Waals surface area contributed by atoms with Crippen LogP contribution in [0.2, 0.25) is 5.02 Å². The van der Waals surface area contributed by atoms with Crippen LogP contribution in [0.15, 0.2) is 36.4 Å². The number of halogens is 1. The van der Waals surface area contributed by atoms with Crippen molar-refractivity contribution in [2.45, 2.75) is 20.4 Å². The van der Waals surface area contributed by atoms with E-state index in [0.717, 1.165) is 17.0 Å². The van der Waals surface area contributed by atoms with Gasteiger partial charge in [0, 0.05) is 16.8 Å². The number of nitrogens with zero attached hydrogens (tertiary/aromatic N) is 2. The van der Waals surface area contributed by atoms with Gasteiger partial charge in [-0.3, -0.25) is 4.68 Å². The van der Waals surface area contributed by atoms with E-state index >= 15 is 0 Å². The molecule has 21 heavy (non-hydrogen) atoms. The van der Waals surface area contributed by atoms with Gasteiger partial charge < -0.3 is 4.74 Å². The summed E-state index contributed by atoms with van der Waals surface area (Å²) < 4.78 is 6.97. The van der Waals surface area contributed by atoms with E-state index in [-0.39, 0.29) is 5.97 Å². The van der Waals surface area contributed by atoms with Crippen molar-refractivity contribution in [2.24, 2.45) is 0 Å². The zero-order chi connectivity index (χ0) is 15.2. The maximum Gasteiger partial charge on any atom is 0.330 e. The van der Waals surface area contributed by atoms with E-state index in [4.69, 9.17) is 16.3 Å². The Labute approximate surface area is 129 Å². The molecule has 0 unspecified atom stereocenters. The Bertz CT molecular complexity index is 645. The quantitative estimate of drug-likeness (QED) is 0.628. The predicted octanol–water partition coefficient (Wildman–Crippen LogP) is 3.41. The van der Waals surface area contributed by atoms with Gasteiger partial charge in [-0.1, -0.05) is 23.7 Å². The van der Waals surface area contributed by atoms with Gasteiger partial charge in [0.25, 0.3) is 0 Å². The Morgan fingerprint density at radius 3 is 2.67 bits per heavy atom. The molecule has 4 nitrogen and oxygen atoms in total. The van der Waals surface area contributed by atoms with Crippen LogP contribution in [0.1, 0.15) is 17.0 Å². The van der Waals surface area contributed by atoms with Gasteiger partial charge in [-0.25, -0.2) is 4.79 Å². The lowest BCUT2D eigenvalue weighted by Gasteiger charge is -2.04. The molecule has 0 aliphatic heterocycles. The standard InChI is InChI=1S/C16H17ClN2O2/c1-12-11-13(2)19(18-12)9-10-21-16(20)8-5-14-3-6-15(17)7-4-14/h3-8,11H,9-10H2,1-2H3. The summed E-state index contributed by atoms with van der Waals surface area (Å²) in [5.41, 5.74) is 2.91. The monoisotopic (exact) mass is 304 g/mol. The molecule has 1 heterocycles. The molecular weight excluding hydrogens is 288 g/mol. The molecule has 0 aliphatic rings. The number of aryl methyl sites for hydroxylation is 2. The molecule has 110 valence electrons. The van der Waals surface area contributed by atoms with Crippen molar-refractivity contribution in [1.82, 2.24) is 9.78 Å². The summed E-state index contributed by atoms with van der Waals surface area (Å²) >= 11 is 5.79. The van der Waals surface area contributed by atoms with Crippen LogP contribution in [0.4, 0.5) is 0 Å².